The number of hydrogen-bond donors (Lipinski definition) is 1. The molecule has 9 heterocycles. The molecule has 6 aromatic rings. The SMILES string of the molecule is CC(C)(C)N1CCc2[nH]ncc2C1=O.CC(C)(C)N1CCc2c(cnn2C/C(=C/F)CN2C(=O)c3ccccc3C2=O)C1=O.CC(C)(C)N1CCc2nn(C/C(=C/F)CN3C(=O)c4ccccc4C3=O)cc2C1=O.O=C1c2ccccc2C(=O)N1C/C(=C\F)CBr. The lowest BCUT2D eigenvalue weighted by molar-refractivity contribution is 0.0550. The van der Waals surface area contributed by atoms with Crippen LogP contribution in [0.2, 0.25) is 0 Å². The number of benzene rings is 3. The second-order valence-electron chi connectivity index (χ2n) is 25.4. The Morgan fingerprint density at radius 1 is 0.462 bits per heavy atom. The maximum absolute atomic E-state index is 13.7. The summed E-state index contributed by atoms with van der Waals surface area (Å²) in [6, 6.07) is 19.7. The molecular weight excluding hydrogens is 1240 g/mol. The van der Waals surface area contributed by atoms with Gasteiger partial charge in [-0.05, 0) is 115 Å². The van der Waals surface area contributed by atoms with Crippen molar-refractivity contribution in [1.82, 2.24) is 59.2 Å². The molecule has 0 spiro atoms. The minimum absolute atomic E-state index is 0.0197. The van der Waals surface area contributed by atoms with Crippen LogP contribution in [-0.4, -0.2) is 174 Å². The Bertz CT molecular complexity index is 3880. The lowest BCUT2D eigenvalue weighted by atomic mass is 9.99. The summed E-state index contributed by atoms with van der Waals surface area (Å²) in [5, 5.41) is 15.8. The van der Waals surface area contributed by atoms with Crippen molar-refractivity contribution in [2.24, 2.45) is 0 Å². The van der Waals surface area contributed by atoms with Gasteiger partial charge in [0.05, 0.1) is 126 Å². The summed E-state index contributed by atoms with van der Waals surface area (Å²) in [4.78, 5) is 120. The minimum atomic E-state index is -0.439. The third-order valence-electron chi connectivity index (χ3n) is 16.2. The zero-order valence-electron chi connectivity index (χ0n) is 52.0. The van der Waals surface area contributed by atoms with Gasteiger partial charge >= 0.3 is 0 Å². The first-order valence-corrected chi connectivity index (χ1v) is 30.6. The van der Waals surface area contributed by atoms with Crippen LogP contribution in [0.15, 0.2) is 127 Å². The number of nitrogens with one attached hydrogen (secondary N) is 1. The number of alkyl halides is 1. The van der Waals surface area contributed by atoms with Gasteiger partial charge in [0.25, 0.3) is 53.2 Å². The number of H-pyrrole nitrogens is 1. The summed E-state index contributed by atoms with van der Waals surface area (Å²) >= 11 is 3.10. The average molecular weight is 1310 g/mol. The molecule has 21 nitrogen and oxygen atoms in total. The first kappa shape index (κ1) is 66.0. The molecule has 0 fully saturated rings. The Hall–Kier alpha value is -9.39. The van der Waals surface area contributed by atoms with Crippen LogP contribution in [0.5, 0.6) is 0 Å². The number of aromatic amines is 1. The molecule has 1 N–H and O–H groups in total. The summed E-state index contributed by atoms with van der Waals surface area (Å²) < 4.78 is 42.8. The number of rotatable bonds is 11. The Morgan fingerprint density at radius 3 is 1.24 bits per heavy atom. The van der Waals surface area contributed by atoms with Crippen LogP contribution in [0.4, 0.5) is 13.2 Å². The van der Waals surface area contributed by atoms with E-state index in [1.54, 1.807) is 99.7 Å². The molecule has 0 radical (unpaired) electrons. The monoisotopic (exact) mass is 1310 g/mol. The number of hydrogen-bond acceptors (Lipinski definition) is 12. The number of carbonyl (C=O) groups excluding carboxylic acids is 9. The molecule has 25 heteroatoms. The molecule has 0 saturated carbocycles. The molecule has 12 rings (SSSR count). The van der Waals surface area contributed by atoms with E-state index in [9.17, 15) is 56.3 Å². The summed E-state index contributed by atoms with van der Waals surface area (Å²) in [7, 11) is 0. The summed E-state index contributed by atoms with van der Waals surface area (Å²) in [6.07, 6.45) is 8.06. The van der Waals surface area contributed by atoms with Crippen molar-refractivity contribution in [1.29, 1.82) is 0 Å². The van der Waals surface area contributed by atoms with Gasteiger partial charge in [-0.1, -0.05) is 52.3 Å². The van der Waals surface area contributed by atoms with Crippen LogP contribution >= 0.6 is 15.9 Å². The molecule has 9 amide bonds. The Morgan fingerprint density at radius 2 is 0.835 bits per heavy atom. The molecule has 6 aliphatic heterocycles. The number of amides is 9. The van der Waals surface area contributed by atoms with Crippen LogP contribution in [-0.2, 0) is 32.4 Å². The highest BCUT2D eigenvalue weighted by Gasteiger charge is 2.41. The quantitative estimate of drug-likeness (QED) is 0.0943. The fraction of sp³-hybridized carbons (Fsp3) is 0.364. The Labute approximate surface area is 532 Å². The summed E-state index contributed by atoms with van der Waals surface area (Å²) in [6.45, 7) is 19.7. The first-order chi connectivity index (χ1) is 43.1. The zero-order chi connectivity index (χ0) is 66.0. The second kappa shape index (κ2) is 26.6. The molecule has 0 bridgehead atoms. The summed E-state index contributed by atoms with van der Waals surface area (Å²) in [5.74, 6) is -2.59. The van der Waals surface area contributed by atoms with Gasteiger partial charge in [0.15, 0.2) is 0 Å². The zero-order valence-corrected chi connectivity index (χ0v) is 53.6. The van der Waals surface area contributed by atoms with E-state index in [-0.39, 0.29) is 95.4 Å². The number of halogens is 4. The molecular formula is C66H70BrF3N12O9. The number of fused-ring (bicyclic) bond motifs is 6. The lowest BCUT2D eigenvalue weighted by Gasteiger charge is -2.38. The van der Waals surface area contributed by atoms with E-state index in [0.29, 0.717) is 101 Å². The third kappa shape index (κ3) is 13.6. The standard InChI is InChI=1S/2C22H23FN4O3.C12H9BrFNO2.C10H15N3O/c1-22(2,3)26-9-8-18-17(21(26)30)11-24-27(18)13-14(10-23)12-25-19(28)15-6-4-5-7-16(15)20(25)29;1-22(2,3)27-9-8-18-17(21(27)30)13-25(24-18)11-14(10-23)12-26-19(28)15-6-4-5-7-16(15)20(26)29;13-5-8(6-14)7-15-11(16)9-3-1-2-4-10(9)12(15)17;1-10(2,3)13-5-4-8-7(9(13)14)6-11-12-8/h4-7,10-11H,8-9,12-13H2,1-3H3;4-7,10,13H,8-9,11-12H2,1-3H3;1-4,6H,5,7H2;6H,4-5H2,1-3H3,(H,11,12)/b14-10+;14-10-;8-6-;. The number of carbonyl (C=O) groups is 9. The Balaban J connectivity index is 0.000000150. The van der Waals surface area contributed by atoms with E-state index in [0.717, 1.165) is 44.6 Å². The number of imide groups is 3. The molecule has 3 aromatic heterocycles. The molecule has 91 heavy (non-hydrogen) atoms. The van der Waals surface area contributed by atoms with E-state index in [1.165, 1.54) is 10.9 Å². The smallest absolute Gasteiger partial charge is 0.261 e. The predicted octanol–water partition coefficient (Wildman–Crippen LogP) is 9.40. The molecule has 0 unspecified atom stereocenters. The summed E-state index contributed by atoms with van der Waals surface area (Å²) in [5.41, 5.74) is 6.26. The molecule has 0 aliphatic carbocycles. The van der Waals surface area contributed by atoms with E-state index in [2.05, 4.69) is 57.1 Å². The van der Waals surface area contributed by atoms with Crippen molar-refractivity contribution in [3.05, 3.63) is 194 Å². The van der Waals surface area contributed by atoms with E-state index in [1.807, 2.05) is 46.4 Å². The highest BCUT2D eigenvalue weighted by Crippen LogP contribution is 2.31. The maximum atomic E-state index is 13.7. The molecule has 3 aromatic carbocycles. The molecule has 0 atom stereocenters. The van der Waals surface area contributed by atoms with Gasteiger partial charge in [0.1, 0.15) is 0 Å². The van der Waals surface area contributed by atoms with E-state index in [4.69, 9.17) is 0 Å². The van der Waals surface area contributed by atoms with Crippen LogP contribution < -0.4 is 0 Å². The van der Waals surface area contributed by atoms with Crippen molar-refractivity contribution < 1.29 is 56.3 Å². The van der Waals surface area contributed by atoms with Crippen LogP contribution in [0.3, 0.4) is 0 Å². The topological polar surface area (TPSA) is 237 Å². The van der Waals surface area contributed by atoms with Gasteiger partial charge in [-0.3, -0.25) is 72.3 Å². The minimum Gasteiger partial charge on any atom is -0.333 e. The van der Waals surface area contributed by atoms with E-state index >= 15 is 0 Å². The van der Waals surface area contributed by atoms with Gasteiger partial charge in [0.2, 0.25) is 0 Å². The number of aromatic nitrogens is 6. The van der Waals surface area contributed by atoms with E-state index < -0.39 is 23.6 Å². The van der Waals surface area contributed by atoms with Crippen LogP contribution in [0, 0.1) is 0 Å². The normalized spacial score (nSPS) is 16.7. The van der Waals surface area contributed by atoms with Crippen molar-refractivity contribution in [3.63, 3.8) is 0 Å². The fourth-order valence-electron chi connectivity index (χ4n) is 11.4. The van der Waals surface area contributed by atoms with Gasteiger partial charge < -0.3 is 14.7 Å². The van der Waals surface area contributed by atoms with Gasteiger partial charge in [-0.25, -0.2) is 13.2 Å². The highest BCUT2D eigenvalue weighted by molar-refractivity contribution is 9.09. The molecule has 6 aliphatic rings. The second-order valence-corrected chi connectivity index (χ2v) is 26.0. The van der Waals surface area contributed by atoms with Crippen LogP contribution in [0.1, 0.15) is 173 Å². The van der Waals surface area contributed by atoms with Gasteiger partial charge in [-0.15, -0.1) is 0 Å². The van der Waals surface area contributed by atoms with Crippen molar-refractivity contribution >= 4 is 69.1 Å². The predicted molar refractivity (Wildman–Crippen MR) is 333 cm³/mol. The largest absolute Gasteiger partial charge is 0.333 e. The third-order valence-corrected chi connectivity index (χ3v) is 16.9. The Kier molecular flexibility index (Phi) is 19.3. The fourth-order valence-corrected chi connectivity index (χ4v) is 11.7. The van der Waals surface area contributed by atoms with Crippen LogP contribution in [0.25, 0.3) is 0 Å². The highest BCUT2D eigenvalue weighted by atomic mass is 79.9. The van der Waals surface area contributed by atoms with Gasteiger partial charge in [0, 0.05) is 72.7 Å². The van der Waals surface area contributed by atoms with Crippen molar-refractivity contribution in [2.75, 3.05) is 44.6 Å². The molecule has 476 valence electrons. The average Bonchev–Trinajstić information content (AvgIpc) is 1.81. The maximum Gasteiger partial charge on any atom is 0.261 e. The van der Waals surface area contributed by atoms with Gasteiger partial charge in [-0.2, -0.15) is 15.3 Å². The molecule has 0 saturated heterocycles. The number of nitrogens with zero attached hydrogens (tertiary/aromatic N) is 11. The lowest BCUT2D eigenvalue weighted by Crippen LogP contribution is -2.49. The van der Waals surface area contributed by atoms with Crippen molar-refractivity contribution in [2.45, 2.75) is 111 Å². The van der Waals surface area contributed by atoms with Crippen molar-refractivity contribution in [3.8, 4) is 0 Å². The first-order valence-electron chi connectivity index (χ1n) is 29.5.